The molecular formula is C23H28FN3O3. The Morgan fingerprint density at radius 1 is 0.900 bits per heavy atom. The average molecular weight is 413 g/mol. The second-order valence-corrected chi connectivity index (χ2v) is 7.53. The van der Waals surface area contributed by atoms with Gasteiger partial charge in [-0.2, -0.15) is 0 Å². The molecule has 0 aliphatic carbocycles. The molecule has 3 N–H and O–H groups in total. The number of amides is 3. The van der Waals surface area contributed by atoms with Crippen molar-refractivity contribution in [1.82, 2.24) is 5.32 Å². The molecule has 0 saturated carbocycles. The molecule has 0 radical (unpaired) electrons. The lowest BCUT2D eigenvalue weighted by Gasteiger charge is -2.16. The van der Waals surface area contributed by atoms with Gasteiger partial charge in [-0.15, -0.1) is 0 Å². The Morgan fingerprint density at radius 2 is 1.57 bits per heavy atom. The third kappa shape index (κ3) is 6.69. The highest BCUT2D eigenvalue weighted by Crippen LogP contribution is 2.23. The number of rotatable bonds is 8. The summed E-state index contributed by atoms with van der Waals surface area (Å²) in [5.41, 5.74) is 2.82. The number of carbonyl (C=O) groups is 3. The van der Waals surface area contributed by atoms with Crippen molar-refractivity contribution in [3.8, 4) is 0 Å². The number of hydrogen-bond acceptors (Lipinski definition) is 3. The van der Waals surface area contributed by atoms with Crippen LogP contribution in [0, 0.1) is 12.7 Å². The van der Waals surface area contributed by atoms with Gasteiger partial charge < -0.3 is 16.0 Å². The van der Waals surface area contributed by atoms with E-state index in [4.69, 9.17) is 0 Å². The van der Waals surface area contributed by atoms with Gasteiger partial charge in [-0.3, -0.25) is 14.4 Å². The molecular weight excluding hydrogens is 385 g/mol. The molecule has 7 heteroatoms. The molecule has 0 heterocycles. The van der Waals surface area contributed by atoms with Crippen molar-refractivity contribution in [3.63, 3.8) is 0 Å². The van der Waals surface area contributed by atoms with E-state index in [2.05, 4.69) is 16.0 Å². The number of carbonyl (C=O) groups excluding carboxylic acids is 3. The minimum atomic E-state index is -0.829. The smallest absolute Gasteiger partial charge is 0.246 e. The SMILES string of the molecule is Cc1ccc(F)cc1NC(=O)[C@H](C)NC(=O)CCC(=O)Nc1ccccc1C(C)C. The summed E-state index contributed by atoms with van der Waals surface area (Å²) in [5.74, 6) is -1.36. The zero-order valence-corrected chi connectivity index (χ0v) is 17.7. The number of para-hydroxylation sites is 1. The van der Waals surface area contributed by atoms with Crippen LogP contribution in [0.1, 0.15) is 50.7 Å². The number of anilines is 2. The van der Waals surface area contributed by atoms with Crippen LogP contribution in [0.2, 0.25) is 0 Å². The molecule has 0 aliphatic heterocycles. The zero-order chi connectivity index (χ0) is 22.3. The van der Waals surface area contributed by atoms with Gasteiger partial charge in [-0.25, -0.2) is 4.39 Å². The van der Waals surface area contributed by atoms with Crippen LogP contribution in [0.5, 0.6) is 0 Å². The van der Waals surface area contributed by atoms with E-state index in [1.165, 1.54) is 19.1 Å². The lowest BCUT2D eigenvalue weighted by Crippen LogP contribution is -2.41. The molecule has 160 valence electrons. The number of aryl methyl sites for hydroxylation is 1. The molecule has 30 heavy (non-hydrogen) atoms. The van der Waals surface area contributed by atoms with Crippen molar-refractivity contribution in [3.05, 3.63) is 59.4 Å². The van der Waals surface area contributed by atoms with Crippen LogP contribution in [0.4, 0.5) is 15.8 Å². The van der Waals surface area contributed by atoms with Crippen LogP contribution in [0.15, 0.2) is 42.5 Å². The van der Waals surface area contributed by atoms with Gasteiger partial charge in [0.1, 0.15) is 11.9 Å². The van der Waals surface area contributed by atoms with Crippen LogP contribution < -0.4 is 16.0 Å². The summed E-state index contributed by atoms with van der Waals surface area (Å²) in [5, 5.41) is 7.99. The van der Waals surface area contributed by atoms with Crippen molar-refractivity contribution in [1.29, 1.82) is 0 Å². The van der Waals surface area contributed by atoms with Crippen molar-refractivity contribution < 1.29 is 18.8 Å². The summed E-state index contributed by atoms with van der Waals surface area (Å²) in [7, 11) is 0. The molecule has 6 nitrogen and oxygen atoms in total. The Balaban J connectivity index is 1.83. The van der Waals surface area contributed by atoms with Crippen molar-refractivity contribution in [2.45, 2.75) is 52.5 Å². The number of nitrogens with one attached hydrogen (secondary N) is 3. The standard InChI is InChI=1S/C23H28FN3O3/c1-14(2)18-7-5-6-8-19(18)26-22(29)12-11-21(28)25-16(4)23(30)27-20-13-17(24)10-9-15(20)3/h5-10,13-14,16H,11-12H2,1-4H3,(H,25,28)(H,26,29)(H,27,30)/t16-/m0/s1. The molecule has 2 aromatic carbocycles. The third-order valence-corrected chi connectivity index (χ3v) is 4.66. The first kappa shape index (κ1) is 23.1. The largest absolute Gasteiger partial charge is 0.345 e. The highest BCUT2D eigenvalue weighted by Gasteiger charge is 2.18. The summed E-state index contributed by atoms with van der Waals surface area (Å²) in [6, 6.07) is 10.8. The first-order valence-corrected chi connectivity index (χ1v) is 9.92. The molecule has 0 aromatic heterocycles. The van der Waals surface area contributed by atoms with Crippen molar-refractivity contribution in [2.75, 3.05) is 10.6 Å². The molecule has 0 fully saturated rings. The molecule has 0 bridgehead atoms. The quantitative estimate of drug-likeness (QED) is 0.608. The Labute approximate surface area is 176 Å². The molecule has 0 aliphatic rings. The monoisotopic (exact) mass is 413 g/mol. The van der Waals surface area contributed by atoms with Crippen LogP contribution in [-0.4, -0.2) is 23.8 Å². The Morgan fingerprint density at radius 3 is 2.27 bits per heavy atom. The Hall–Kier alpha value is -3.22. The van der Waals surface area contributed by atoms with Gasteiger partial charge >= 0.3 is 0 Å². The van der Waals surface area contributed by atoms with E-state index in [0.717, 1.165) is 11.3 Å². The number of halogens is 1. The number of hydrogen-bond donors (Lipinski definition) is 3. The second kappa shape index (κ2) is 10.5. The maximum atomic E-state index is 13.4. The Kier molecular flexibility index (Phi) is 8.09. The Bertz CT molecular complexity index is 928. The van der Waals surface area contributed by atoms with Gasteiger partial charge in [-0.1, -0.05) is 38.1 Å². The fourth-order valence-electron chi connectivity index (χ4n) is 2.90. The minimum Gasteiger partial charge on any atom is -0.345 e. The molecule has 0 spiro atoms. The normalized spacial score (nSPS) is 11.7. The summed E-state index contributed by atoms with van der Waals surface area (Å²) >= 11 is 0. The minimum absolute atomic E-state index is 0.00436. The van der Waals surface area contributed by atoms with Crippen LogP contribution >= 0.6 is 0 Å². The van der Waals surface area contributed by atoms with Crippen LogP contribution in [0.25, 0.3) is 0 Å². The molecule has 0 saturated heterocycles. The molecule has 2 aromatic rings. The predicted octanol–water partition coefficient (Wildman–Crippen LogP) is 4.12. The van der Waals surface area contributed by atoms with Gasteiger partial charge in [0, 0.05) is 24.2 Å². The maximum absolute atomic E-state index is 13.4. The topological polar surface area (TPSA) is 87.3 Å². The van der Waals surface area contributed by atoms with E-state index < -0.39 is 23.7 Å². The predicted molar refractivity (Wildman–Crippen MR) is 116 cm³/mol. The third-order valence-electron chi connectivity index (χ3n) is 4.66. The van der Waals surface area contributed by atoms with E-state index in [1.807, 2.05) is 38.1 Å². The lowest BCUT2D eigenvalue weighted by molar-refractivity contribution is -0.127. The molecule has 0 unspecified atom stereocenters. The molecule has 2 rings (SSSR count). The van der Waals surface area contributed by atoms with E-state index in [0.29, 0.717) is 11.3 Å². The highest BCUT2D eigenvalue weighted by molar-refractivity contribution is 5.98. The van der Waals surface area contributed by atoms with Gasteiger partial charge in [0.15, 0.2) is 0 Å². The summed E-state index contributed by atoms with van der Waals surface area (Å²) in [6.07, 6.45) is -0.0537. The summed E-state index contributed by atoms with van der Waals surface area (Å²) in [4.78, 5) is 36.6. The fraction of sp³-hybridized carbons (Fsp3) is 0.348. The fourth-order valence-corrected chi connectivity index (χ4v) is 2.90. The van der Waals surface area contributed by atoms with Gasteiger partial charge in [0.2, 0.25) is 17.7 Å². The van der Waals surface area contributed by atoms with Gasteiger partial charge in [0.25, 0.3) is 0 Å². The van der Waals surface area contributed by atoms with E-state index in [-0.39, 0.29) is 24.7 Å². The summed E-state index contributed by atoms with van der Waals surface area (Å²) < 4.78 is 13.4. The molecule has 1 atom stereocenters. The number of benzene rings is 2. The van der Waals surface area contributed by atoms with E-state index in [9.17, 15) is 18.8 Å². The zero-order valence-electron chi connectivity index (χ0n) is 17.7. The van der Waals surface area contributed by atoms with E-state index >= 15 is 0 Å². The van der Waals surface area contributed by atoms with Crippen LogP contribution in [0.3, 0.4) is 0 Å². The van der Waals surface area contributed by atoms with Gasteiger partial charge in [0.05, 0.1) is 0 Å². The summed E-state index contributed by atoms with van der Waals surface area (Å²) in [6.45, 7) is 7.35. The first-order chi connectivity index (χ1) is 14.2. The lowest BCUT2D eigenvalue weighted by atomic mass is 10.0. The highest BCUT2D eigenvalue weighted by atomic mass is 19.1. The first-order valence-electron chi connectivity index (χ1n) is 9.92. The maximum Gasteiger partial charge on any atom is 0.246 e. The second-order valence-electron chi connectivity index (χ2n) is 7.53. The van der Waals surface area contributed by atoms with Crippen LogP contribution in [-0.2, 0) is 14.4 Å². The van der Waals surface area contributed by atoms with Crippen molar-refractivity contribution in [2.24, 2.45) is 0 Å². The van der Waals surface area contributed by atoms with Crippen molar-refractivity contribution >= 4 is 29.1 Å². The van der Waals surface area contributed by atoms with E-state index in [1.54, 1.807) is 13.0 Å². The average Bonchev–Trinajstić information content (AvgIpc) is 2.69. The molecule has 3 amide bonds. The van der Waals surface area contributed by atoms with Gasteiger partial charge in [-0.05, 0) is 49.1 Å².